The number of hydrogen-bond acceptors (Lipinski definition) is 2. The number of alkyl halides is 2. The number of esters is 1. The van der Waals surface area contributed by atoms with Crippen molar-refractivity contribution in [1.29, 1.82) is 0 Å². The fourth-order valence-corrected chi connectivity index (χ4v) is 4.62. The second kappa shape index (κ2) is 11.9. The van der Waals surface area contributed by atoms with Gasteiger partial charge in [-0.3, -0.25) is 4.79 Å². The van der Waals surface area contributed by atoms with Gasteiger partial charge >= 0.3 is 5.97 Å². The Morgan fingerprint density at radius 2 is 1.52 bits per heavy atom. The number of rotatable bonds is 11. The maximum absolute atomic E-state index is 10.9. The monoisotopic (exact) mass is 424 g/mol. The Morgan fingerprint density at radius 3 is 2.05 bits per heavy atom. The van der Waals surface area contributed by atoms with E-state index in [-0.39, 0.29) is 5.97 Å². The summed E-state index contributed by atoms with van der Waals surface area (Å²) in [5, 5.41) is 0. The van der Waals surface area contributed by atoms with E-state index in [1.54, 1.807) is 0 Å². The van der Waals surface area contributed by atoms with Crippen molar-refractivity contribution < 1.29 is 9.53 Å². The molecule has 0 aromatic rings. The first-order valence-corrected chi connectivity index (χ1v) is 10.3. The van der Waals surface area contributed by atoms with E-state index in [4.69, 9.17) is 0 Å². The van der Waals surface area contributed by atoms with Gasteiger partial charge < -0.3 is 4.74 Å². The van der Waals surface area contributed by atoms with Crippen LogP contribution in [0.5, 0.6) is 0 Å². The number of unbranched alkanes of at least 4 members (excludes halogenated alkanes) is 7. The molecule has 0 radical (unpaired) electrons. The summed E-state index contributed by atoms with van der Waals surface area (Å²) in [5.41, 5.74) is 0. The topological polar surface area (TPSA) is 26.3 Å². The lowest BCUT2D eigenvalue weighted by atomic mass is 9.98. The fourth-order valence-electron chi connectivity index (χ4n) is 3.13. The summed E-state index contributed by atoms with van der Waals surface area (Å²) in [6, 6.07) is 0. The predicted octanol–water partition coefficient (Wildman–Crippen LogP) is 6.00. The molecule has 0 spiro atoms. The molecule has 0 heterocycles. The molecule has 0 amide bonds. The van der Waals surface area contributed by atoms with Crippen molar-refractivity contribution in [3.8, 4) is 0 Å². The number of halogens is 2. The van der Waals surface area contributed by atoms with Crippen molar-refractivity contribution in [2.45, 2.75) is 86.7 Å². The average molecular weight is 426 g/mol. The molecule has 0 N–H and O–H groups in total. The third-order valence-electron chi connectivity index (χ3n) is 4.54. The predicted molar refractivity (Wildman–Crippen MR) is 96.3 cm³/mol. The fraction of sp³-hybridized carbons (Fsp3) is 0.941. The van der Waals surface area contributed by atoms with Crippen LogP contribution in [0.25, 0.3) is 0 Å². The Hall–Kier alpha value is 0.430. The largest absolute Gasteiger partial charge is 0.469 e. The number of ether oxygens (including phenoxy) is 1. The highest BCUT2D eigenvalue weighted by atomic mass is 79.9. The van der Waals surface area contributed by atoms with Gasteiger partial charge in [0, 0.05) is 16.1 Å². The maximum Gasteiger partial charge on any atom is 0.305 e. The van der Waals surface area contributed by atoms with Crippen LogP contribution in [0, 0.1) is 5.92 Å². The summed E-state index contributed by atoms with van der Waals surface area (Å²) in [7, 11) is 1.46. The zero-order valence-corrected chi connectivity index (χ0v) is 16.5. The molecule has 0 bridgehead atoms. The molecular formula is C17H30Br2O2. The van der Waals surface area contributed by atoms with E-state index in [1.807, 2.05) is 0 Å². The summed E-state index contributed by atoms with van der Waals surface area (Å²) in [6.07, 6.45) is 14.9. The van der Waals surface area contributed by atoms with Crippen LogP contribution in [-0.2, 0) is 9.53 Å². The van der Waals surface area contributed by atoms with Gasteiger partial charge in [-0.2, -0.15) is 0 Å². The van der Waals surface area contributed by atoms with Gasteiger partial charge in [-0.25, -0.2) is 0 Å². The Bertz CT molecular complexity index is 284. The van der Waals surface area contributed by atoms with Crippen LogP contribution in [0.15, 0.2) is 0 Å². The van der Waals surface area contributed by atoms with Gasteiger partial charge in [0.15, 0.2) is 0 Å². The molecule has 1 aliphatic rings. The highest BCUT2D eigenvalue weighted by molar-refractivity contribution is 9.12. The highest BCUT2D eigenvalue weighted by Gasteiger charge is 2.31. The van der Waals surface area contributed by atoms with E-state index in [2.05, 4.69) is 36.6 Å². The quantitative estimate of drug-likeness (QED) is 0.230. The summed E-state index contributed by atoms with van der Waals surface area (Å²) in [4.78, 5) is 12.3. The van der Waals surface area contributed by atoms with Crippen LogP contribution < -0.4 is 0 Å². The van der Waals surface area contributed by atoms with Crippen LogP contribution >= 0.6 is 31.9 Å². The SMILES string of the molecule is COC(=O)CCCCCCCCCC[C@@H]1CC[C@H](Br)[C@H]1Br. The molecule has 0 unspecified atom stereocenters. The minimum atomic E-state index is -0.0715. The van der Waals surface area contributed by atoms with Crippen molar-refractivity contribution >= 4 is 37.8 Å². The Balaban J connectivity index is 1.82. The Labute approximate surface area is 147 Å². The van der Waals surface area contributed by atoms with Gasteiger partial charge in [0.05, 0.1) is 7.11 Å². The molecule has 0 aromatic heterocycles. The van der Waals surface area contributed by atoms with Crippen LogP contribution in [0.2, 0.25) is 0 Å². The normalized spacial score (nSPS) is 25.2. The van der Waals surface area contributed by atoms with Crippen molar-refractivity contribution in [3.05, 3.63) is 0 Å². The van der Waals surface area contributed by atoms with Crippen molar-refractivity contribution in [1.82, 2.24) is 0 Å². The molecule has 0 saturated heterocycles. The third-order valence-corrected chi connectivity index (χ3v) is 7.67. The van der Waals surface area contributed by atoms with Crippen molar-refractivity contribution in [2.75, 3.05) is 7.11 Å². The number of carbonyl (C=O) groups is 1. The zero-order chi connectivity index (χ0) is 15.5. The molecule has 2 nitrogen and oxygen atoms in total. The number of carbonyl (C=O) groups excluding carboxylic acids is 1. The summed E-state index contributed by atoms with van der Waals surface area (Å²) in [6.45, 7) is 0. The molecule has 124 valence electrons. The minimum Gasteiger partial charge on any atom is -0.469 e. The maximum atomic E-state index is 10.9. The smallest absolute Gasteiger partial charge is 0.305 e. The number of methoxy groups -OCH3 is 1. The summed E-state index contributed by atoms with van der Waals surface area (Å²) in [5.74, 6) is 0.811. The molecule has 3 atom stereocenters. The van der Waals surface area contributed by atoms with Gasteiger partial charge in [0.25, 0.3) is 0 Å². The van der Waals surface area contributed by atoms with Gasteiger partial charge in [-0.05, 0) is 31.6 Å². The standard InChI is InChI=1S/C17H30Br2O2/c1-21-16(20)11-9-7-5-3-2-4-6-8-10-14-12-13-15(18)17(14)19/h14-15,17H,2-13H2,1H3/t14-,15+,17+/m1/s1. The lowest BCUT2D eigenvalue weighted by molar-refractivity contribution is -0.140. The molecule has 1 saturated carbocycles. The zero-order valence-electron chi connectivity index (χ0n) is 13.3. The first kappa shape index (κ1) is 19.5. The van der Waals surface area contributed by atoms with E-state index < -0.39 is 0 Å². The Kier molecular flexibility index (Phi) is 11.1. The first-order valence-electron chi connectivity index (χ1n) is 8.50. The molecule has 21 heavy (non-hydrogen) atoms. The van der Waals surface area contributed by atoms with E-state index in [9.17, 15) is 4.79 Å². The molecule has 1 fully saturated rings. The molecule has 0 aromatic carbocycles. The van der Waals surface area contributed by atoms with Crippen LogP contribution in [0.4, 0.5) is 0 Å². The van der Waals surface area contributed by atoms with Gasteiger partial charge in [0.2, 0.25) is 0 Å². The Morgan fingerprint density at radius 1 is 0.952 bits per heavy atom. The summed E-state index contributed by atoms with van der Waals surface area (Å²) >= 11 is 7.57. The second-order valence-electron chi connectivity index (χ2n) is 6.24. The summed E-state index contributed by atoms with van der Waals surface area (Å²) < 4.78 is 4.63. The van der Waals surface area contributed by atoms with Crippen LogP contribution in [0.3, 0.4) is 0 Å². The van der Waals surface area contributed by atoms with Gasteiger partial charge in [-0.15, -0.1) is 0 Å². The van der Waals surface area contributed by atoms with Gasteiger partial charge in [0.1, 0.15) is 0 Å². The van der Waals surface area contributed by atoms with E-state index in [1.165, 1.54) is 64.9 Å². The molecule has 1 rings (SSSR count). The molecule has 0 aliphatic heterocycles. The van der Waals surface area contributed by atoms with Crippen molar-refractivity contribution in [2.24, 2.45) is 5.92 Å². The third kappa shape index (κ3) is 8.59. The number of hydrogen-bond donors (Lipinski definition) is 0. The van der Waals surface area contributed by atoms with Gasteiger partial charge in [-0.1, -0.05) is 76.8 Å². The average Bonchev–Trinajstić information content (AvgIpc) is 2.80. The second-order valence-corrected chi connectivity index (χ2v) is 8.47. The molecular weight excluding hydrogens is 396 g/mol. The highest BCUT2D eigenvalue weighted by Crippen LogP contribution is 2.39. The lowest BCUT2D eigenvalue weighted by Gasteiger charge is -2.15. The van der Waals surface area contributed by atoms with Crippen molar-refractivity contribution in [3.63, 3.8) is 0 Å². The van der Waals surface area contributed by atoms with Crippen LogP contribution in [0.1, 0.15) is 77.0 Å². The van der Waals surface area contributed by atoms with E-state index in [0.717, 1.165) is 18.8 Å². The molecule has 1 aliphatic carbocycles. The minimum absolute atomic E-state index is 0.0715. The van der Waals surface area contributed by atoms with E-state index in [0.29, 0.717) is 16.1 Å². The molecule has 4 heteroatoms. The van der Waals surface area contributed by atoms with Crippen LogP contribution in [-0.4, -0.2) is 22.7 Å². The van der Waals surface area contributed by atoms with E-state index >= 15 is 0 Å². The first-order chi connectivity index (χ1) is 10.1. The lowest BCUT2D eigenvalue weighted by Crippen LogP contribution is -2.13.